The Labute approximate surface area is 85.6 Å². The van der Waals surface area contributed by atoms with E-state index >= 15 is 0 Å². The van der Waals surface area contributed by atoms with Gasteiger partial charge in [-0.3, -0.25) is 4.57 Å². The molecular weight excluding hydrogens is 237 g/mol. The van der Waals surface area contributed by atoms with Gasteiger partial charge in [0, 0.05) is 5.02 Å². The predicted molar refractivity (Wildman–Crippen MR) is 54.5 cm³/mol. The van der Waals surface area contributed by atoms with E-state index in [1.165, 1.54) is 0 Å². The largest absolute Gasteiger partial charge is 0.289 e. The van der Waals surface area contributed by atoms with Crippen molar-refractivity contribution in [1.82, 2.24) is 0 Å². The first-order valence-electron chi connectivity index (χ1n) is 3.20. The van der Waals surface area contributed by atoms with Crippen LogP contribution in [0.25, 0.3) is 0 Å². The van der Waals surface area contributed by atoms with E-state index in [2.05, 4.69) is 0 Å². The van der Waals surface area contributed by atoms with Crippen LogP contribution in [0.5, 0.6) is 0 Å². The quantitative estimate of drug-likeness (QED) is 0.698. The van der Waals surface area contributed by atoms with Crippen LogP contribution in [0.3, 0.4) is 0 Å². The Morgan fingerprint density at radius 2 is 1.67 bits per heavy atom. The zero-order chi connectivity index (χ0) is 9.19. The number of hydrogen-bond donors (Lipinski definition) is 0. The lowest BCUT2D eigenvalue weighted by Crippen LogP contribution is -1.78. The zero-order valence-electron chi connectivity index (χ0n) is 6.01. The highest BCUT2D eigenvalue weighted by atomic mass is 35.9. The second-order valence-corrected chi connectivity index (χ2v) is 8.04. The van der Waals surface area contributed by atoms with Gasteiger partial charge in [0.05, 0.1) is 6.16 Å². The predicted octanol–water partition coefficient (Wildman–Crippen LogP) is 4.51. The molecule has 0 unspecified atom stereocenters. The van der Waals surface area contributed by atoms with Crippen LogP contribution >= 0.6 is 39.9 Å². The van der Waals surface area contributed by atoms with Crippen LogP contribution in [-0.4, -0.2) is 0 Å². The van der Waals surface area contributed by atoms with Crippen LogP contribution in [0.15, 0.2) is 24.3 Å². The molecule has 5 heteroatoms. The molecule has 1 rings (SSSR count). The fourth-order valence-electron chi connectivity index (χ4n) is 0.802. The van der Waals surface area contributed by atoms with Crippen molar-refractivity contribution in [1.29, 1.82) is 0 Å². The molecule has 0 aliphatic rings. The summed E-state index contributed by atoms with van der Waals surface area (Å²) >= 11 is 16.4. The molecule has 12 heavy (non-hydrogen) atoms. The molecule has 0 aliphatic carbocycles. The van der Waals surface area contributed by atoms with E-state index in [1.54, 1.807) is 24.3 Å². The summed E-state index contributed by atoms with van der Waals surface area (Å²) in [5.41, 5.74) is 0.827. The second-order valence-electron chi connectivity index (χ2n) is 2.35. The molecule has 0 heterocycles. The Morgan fingerprint density at radius 1 is 1.17 bits per heavy atom. The lowest BCUT2D eigenvalue weighted by Gasteiger charge is -2.01. The van der Waals surface area contributed by atoms with E-state index in [-0.39, 0.29) is 6.16 Å². The summed E-state index contributed by atoms with van der Waals surface area (Å²) < 4.78 is 11.0. The van der Waals surface area contributed by atoms with Crippen molar-refractivity contribution in [2.24, 2.45) is 0 Å². The third kappa shape index (κ3) is 3.82. The van der Waals surface area contributed by atoms with Gasteiger partial charge in [-0.25, -0.2) is 0 Å². The molecule has 1 aromatic rings. The minimum Gasteiger partial charge on any atom is -0.289 e. The maximum Gasteiger partial charge on any atom is 0.257 e. The molecule has 1 aromatic carbocycles. The highest BCUT2D eigenvalue weighted by molar-refractivity contribution is 8.08. The van der Waals surface area contributed by atoms with Crippen molar-refractivity contribution in [3.8, 4) is 0 Å². The van der Waals surface area contributed by atoms with E-state index in [1.807, 2.05) is 0 Å². The molecule has 0 saturated heterocycles. The van der Waals surface area contributed by atoms with Crippen molar-refractivity contribution in [2.45, 2.75) is 6.16 Å². The molecule has 0 spiro atoms. The smallest absolute Gasteiger partial charge is 0.257 e. The van der Waals surface area contributed by atoms with Gasteiger partial charge in [-0.1, -0.05) is 23.7 Å². The molecule has 0 fully saturated rings. The summed E-state index contributed by atoms with van der Waals surface area (Å²) in [7, 11) is 0. The van der Waals surface area contributed by atoms with Gasteiger partial charge < -0.3 is 0 Å². The first-order valence-corrected chi connectivity index (χ1v) is 7.28. The Balaban J connectivity index is 2.78. The molecule has 0 N–H and O–H groups in total. The van der Waals surface area contributed by atoms with Gasteiger partial charge in [-0.15, -0.1) is 0 Å². The van der Waals surface area contributed by atoms with E-state index in [0.29, 0.717) is 5.02 Å². The Morgan fingerprint density at radius 3 is 2.08 bits per heavy atom. The summed E-state index contributed by atoms with van der Waals surface area (Å²) in [6, 6.07) is 6.92. The Hall–Kier alpha value is 0.320. The van der Waals surface area contributed by atoms with E-state index in [0.717, 1.165) is 5.56 Å². The molecule has 0 radical (unpaired) electrons. The van der Waals surface area contributed by atoms with E-state index < -0.39 is 5.85 Å². The van der Waals surface area contributed by atoms with Gasteiger partial charge in [0.1, 0.15) is 0 Å². The minimum absolute atomic E-state index is 0.188. The molecule has 1 nitrogen and oxygen atoms in total. The minimum atomic E-state index is -3.00. The molecule has 0 bridgehead atoms. The van der Waals surface area contributed by atoms with Gasteiger partial charge in [-0.2, -0.15) is 0 Å². The second kappa shape index (κ2) is 4.02. The number of benzene rings is 1. The van der Waals surface area contributed by atoms with Crippen LogP contribution in [0.1, 0.15) is 5.56 Å². The van der Waals surface area contributed by atoms with Gasteiger partial charge in [0.15, 0.2) is 0 Å². The van der Waals surface area contributed by atoms with Gasteiger partial charge in [-0.05, 0) is 40.2 Å². The summed E-state index contributed by atoms with van der Waals surface area (Å²) in [5, 5.41) is 0.637. The summed E-state index contributed by atoms with van der Waals surface area (Å²) in [6.07, 6.45) is 0.188. The lowest BCUT2D eigenvalue weighted by atomic mass is 10.2. The molecule has 0 amide bonds. The molecule has 0 aromatic heterocycles. The molecule has 0 atom stereocenters. The van der Waals surface area contributed by atoms with E-state index in [9.17, 15) is 4.57 Å². The fraction of sp³-hybridized carbons (Fsp3) is 0.143. The average molecular weight is 243 g/mol. The standard InChI is InChI=1S/C7H6Cl3OP/c8-7-3-1-6(2-4-7)5-12(9,10)11/h1-4H,5H2. The zero-order valence-corrected chi connectivity index (χ0v) is 9.17. The Kier molecular flexibility index (Phi) is 3.48. The van der Waals surface area contributed by atoms with Crippen LogP contribution in [0.2, 0.25) is 5.02 Å². The maximum absolute atomic E-state index is 11.0. The normalized spacial score (nSPS) is 11.6. The van der Waals surface area contributed by atoms with Gasteiger partial charge >= 0.3 is 0 Å². The highest BCUT2D eigenvalue weighted by Gasteiger charge is 2.13. The highest BCUT2D eigenvalue weighted by Crippen LogP contribution is 2.59. The third-order valence-corrected chi connectivity index (χ3v) is 2.98. The fourth-order valence-corrected chi connectivity index (χ4v) is 2.39. The number of rotatable bonds is 2. The van der Waals surface area contributed by atoms with Crippen molar-refractivity contribution in [3.05, 3.63) is 34.9 Å². The molecule has 0 aliphatic heterocycles. The average Bonchev–Trinajstić information content (AvgIpc) is 1.91. The molecule has 66 valence electrons. The van der Waals surface area contributed by atoms with E-state index in [4.69, 9.17) is 34.1 Å². The third-order valence-electron chi connectivity index (χ3n) is 1.28. The topological polar surface area (TPSA) is 17.1 Å². The summed E-state index contributed by atoms with van der Waals surface area (Å²) in [4.78, 5) is 0. The van der Waals surface area contributed by atoms with Crippen LogP contribution in [0, 0.1) is 0 Å². The van der Waals surface area contributed by atoms with Crippen LogP contribution in [0.4, 0.5) is 0 Å². The molecular formula is C7H6Cl3OP. The maximum atomic E-state index is 11.0. The molecule has 0 saturated carbocycles. The summed E-state index contributed by atoms with van der Waals surface area (Å²) in [5.74, 6) is -3.00. The Bertz CT molecular complexity index is 303. The van der Waals surface area contributed by atoms with Crippen LogP contribution in [-0.2, 0) is 10.7 Å². The number of hydrogen-bond acceptors (Lipinski definition) is 1. The van der Waals surface area contributed by atoms with Gasteiger partial charge in [0.25, 0.3) is 5.85 Å². The lowest BCUT2D eigenvalue weighted by molar-refractivity contribution is 0.592. The first-order chi connectivity index (χ1) is 5.47. The van der Waals surface area contributed by atoms with Crippen molar-refractivity contribution >= 4 is 39.9 Å². The summed E-state index contributed by atoms with van der Waals surface area (Å²) in [6.45, 7) is 0. The van der Waals surface area contributed by atoms with Crippen LogP contribution < -0.4 is 0 Å². The van der Waals surface area contributed by atoms with Crippen molar-refractivity contribution in [3.63, 3.8) is 0 Å². The van der Waals surface area contributed by atoms with Gasteiger partial charge in [0.2, 0.25) is 0 Å². The number of halogens is 3. The van der Waals surface area contributed by atoms with Crippen molar-refractivity contribution in [2.75, 3.05) is 0 Å². The van der Waals surface area contributed by atoms with Crippen molar-refractivity contribution < 1.29 is 4.57 Å². The monoisotopic (exact) mass is 242 g/mol. The first kappa shape index (κ1) is 10.4. The SMILES string of the molecule is O=P(Cl)(Cl)Cc1ccc(Cl)cc1.